The summed E-state index contributed by atoms with van der Waals surface area (Å²) in [6.07, 6.45) is 2.12. The Kier molecular flexibility index (Phi) is 4.36. The van der Waals surface area contributed by atoms with E-state index in [1.165, 1.54) is 0 Å². The molecule has 1 aliphatic carbocycles. The zero-order valence-electron chi connectivity index (χ0n) is 10.6. The Morgan fingerprint density at radius 1 is 1.47 bits per heavy atom. The van der Waals surface area contributed by atoms with Crippen LogP contribution < -0.4 is 0 Å². The number of methoxy groups -OCH3 is 1. The summed E-state index contributed by atoms with van der Waals surface area (Å²) >= 11 is 0. The molecular formula is C12H21NO4. The zero-order chi connectivity index (χ0) is 12.3. The molecule has 0 aromatic rings. The lowest BCUT2D eigenvalue weighted by atomic mass is 10.1. The summed E-state index contributed by atoms with van der Waals surface area (Å²) < 4.78 is 16.3. The molecule has 1 saturated carbocycles. The van der Waals surface area contributed by atoms with Crippen molar-refractivity contribution in [3.63, 3.8) is 0 Å². The smallest absolute Gasteiger partial charge is 0.248 e. The number of hydrogen-bond donors (Lipinski definition) is 0. The molecule has 2 fully saturated rings. The molecule has 1 amide bonds. The molecular weight excluding hydrogens is 222 g/mol. The van der Waals surface area contributed by atoms with Gasteiger partial charge in [-0.2, -0.15) is 0 Å². The molecule has 1 saturated heterocycles. The Morgan fingerprint density at radius 2 is 2.29 bits per heavy atom. The number of nitrogens with zero attached hydrogens (tertiary/aromatic N) is 1. The van der Waals surface area contributed by atoms with Gasteiger partial charge in [-0.25, -0.2) is 0 Å². The fourth-order valence-electron chi connectivity index (χ4n) is 2.82. The van der Waals surface area contributed by atoms with Gasteiger partial charge in [-0.15, -0.1) is 0 Å². The molecule has 0 unspecified atom stereocenters. The van der Waals surface area contributed by atoms with Gasteiger partial charge in [0, 0.05) is 20.3 Å². The highest BCUT2D eigenvalue weighted by Gasteiger charge is 2.44. The number of morpholine rings is 1. The molecule has 2 rings (SSSR count). The molecule has 0 N–H and O–H groups in total. The van der Waals surface area contributed by atoms with Crippen LogP contribution in [0.4, 0.5) is 0 Å². The standard InChI is InChI=1S/C12H21NO4/c1-3-16-10-5-4-9-12(10)17-7-6-13(9)11(14)8-15-2/h9-10,12H,3-8H2,1-2H3/t9-,10+,12+/m1/s1. The molecule has 0 spiro atoms. The number of carbonyl (C=O) groups is 1. The number of rotatable bonds is 4. The van der Waals surface area contributed by atoms with E-state index in [2.05, 4.69) is 0 Å². The summed E-state index contributed by atoms with van der Waals surface area (Å²) in [5, 5.41) is 0. The largest absolute Gasteiger partial charge is 0.376 e. The van der Waals surface area contributed by atoms with E-state index in [-0.39, 0.29) is 30.8 Å². The van der Waals surface area contributed by atoms with E-state index in [1.807, 2.05) is 11.8 Å². The lowest BCUT2D eigenvalue weighted by molar-refractivity contribution is -0.154. The molecule has 5 heteroatoms. The minimum atomic E-state index is 0.0458. The van der Waals surface area contributed by atoms with E-state index in [4.69, 9.17) is 14.2 Å². The Hall–Kier alpha value is -0.650. The summed E-state index contributed by atoms with van der Waals surface area (Å²) in [5.41, 5.74) is 0. The molecule has 0 radical (unpaired) electrons. The van der Waals surface area contributed by atoms with Crippen LogP contribution in [-0.2, 0) is 19.0 Å². The van der Waals surface area contributed by atoms with Crippen LogP contribution in [0.15, 0.2) is 0 Å². The Bertz CT molecular complexity index is 271. The third-order valence-corrected chi connectivity index (χ3v) is 3.50. The van der Waals surface area contributed by atoms with E-state index in [0.717, 1.165) is 12.8 Å². The van der Waals surface area contributed by atoms with Gasteiger partial charge in [0.2, 0.25) is 5.91 Å². The van der Waals surface area contributed by atoms with Crippen LogP contribution in [0.5, 0.6) is 0 Å². The van der Waals surface area contributed by atoms with Crippen molar-refractivity contribution in [2.45, 2.75) is 38.0 Å². The van der Waals surface area contributed by atoms with Crippen molar-refractivity contribution in [3.05, 3.63) is 0 Å². The van der Waals surface area contributed by atoms with Gasteiger partial charge >= 0.3 is 0 Å². The maximum absolute atomic E-state index is 11.9. The zero-order valence-corrected chi connectivity index (χ0v) is 10.6. The monoisotopic (exact) mass is 243 g/mol. The predicted octanol–water partition coefficient (Wildman–Crippen LogP) is 0.428. The van der Waals surface area contributed by atoms with Gasteiger partial charge in [-0.05, 0) is 19.8 Å². The highest BCUT2D eigenvalue weighted by molar-refractivity contribution is 5.78. The van der Waals surface area contributed by atoms with Gasteiger partial charge in [-0.1, -0.05) is 0 Å². The summed E-state index contributed by atoms with van der Waals surface area (Å²) in [5.74, 6) is 0.0583. The number of hydrogen-bond acceptors (Lipinski definition) is 4. The topological polar surface area (TPSA) is 48.0 Å². The normalized spacial score (nSPS) is 32.6. The van der Waals surface area contributed by atoms with Crippen LogP contribution in [0, 0.1) is 0 Å². The van der Waals surface area contributed by atoms with Crippen molar-refractivity contribution >= 4 is 5.91 Å². The maximum atomic E-state index is 11.9. The number of ether oxygens (including phenoxy) is 3. The molecule has 0 bridgehead atoms. The van der Waals surface area contributed by atoms with E-state index in [0.29, 0.717) is 19.8 Å². The Balaban J connectivity index is 2.00. The van der Waals surface area contributed by atoms with Gasteiger partial charge in [-0.3, -0.25) is 4.79 Å². The van der Waals surface area contributed by atoms with E-state index < -0.39 is 0 Å². The van der Waals surface area contributed by atoms with Crippen molar-refractivity contribution in [1.82, 2.24) is 4.90 Å². The van der Waals surface area contributed by atoms with Gasteiger partial charge in [0.05, 0.1) is 18.8 Å². The van der Waals surface area contributed by atoms with Crippen molar-refractivity contribution < 1.29 is 19.0 Å². The molecule has 17 heavy (non-hydrogen) atoms. The second-order valence-electron chi connectivity index (χ2n) is 4.49. The summed E-state index contributed by atoms with van der Waals surface area (Å²) in [6.45, 7) is 4.11. The number of amides is 1. The first-order valence-corrected chi connectivity index (χ1v) is 6.29. The average molecular weight is 243 g/mol. The lowest BCUT2D eigenvalue weighted by Crippen LogP contribution is -2.54. The molecule has 0 aromatic carbocycles. The molecule has 1 heterocycles. The molecule has 1 aliphatic heterocycles. The van der Waals surface area contributed by atoms with E-state index in [9.17, 15) is 4.79 Å². The second kappa shape index (κ2) is 5.80. The van der Waals surface area contributed by atoms with Crippen LogP contribution in [-0.4, -0.2) is 62.5 Å². The predicted molar refractivity (Wildman–Crippen MR) is 61.8 cm³/mol. The van der Waals surface area contributed by atoms with Gasteiger partial charge in [0.1, 0.15) is 12.7 Å². The van der Waals surface area contributed by atoms with Crippen LogP contribution in [0.2, 0.25) is 0 Å². The minimum Gasteiger partial charge on any atom is -0.376 e. The van der Waals surface area contributed by atoms with Crippen molar-refractivity contribution in [1.29, 1.82) is 0 Å². The van der Waals surface area contributed by atoms with E-state index >= 15 is 0 Å². The van der Waals surface area contributed by atoms with Crippen LogP contribution in [0.3, 0.4) is 0 Å². The Morgan fingerprint density at radius 3 is 3.00 bits per heavy atom. The fourth-order valence-corrected chi connectivity index (χ4v) is 2.82. The van der Waals surface area contributed by atoms with Gasteiger partial charge in [0.15, 0.2) is 0 Å². The molecule has 3 atom stereocenters. The first-order valence-electron chi connectivity index (χ1n) is 6.29. The molecule has 5 nitrogen and oxygen atoms in total. The summed E-state index contributed by atoms with van der Waals surface area (Å²) in [6, 6.07) is 0.169. The Labute approximate surface area is 102 Å². The second-order valence-corrected chi connectivity index (χ2v) is 4.49. The number of fused-ring (bicyclic) bond motifs is 1. The van der Waals surface area contributed by atoms with Gasteiger partial charge in [0.25, 0.3) is 0 Å². The highest BCUT2D eigenvalue weighted by Crippen LogP contribution is 2.32. The SMILES string of the molecule is CCO[C@H]1CC[C@@H]2[C@@H]1OCCN2C(=O)COC. The van der Waals surface area contributed by atoms with Crippen LogP contribution in [0.25, 0.3) is 0 Å². The lowest BCUT2D eigenvalue weighted by Gasteiger charge is -2.38. The average Bonchev–Trinajstić information content (AvgIpc) is 2.73. The summed E-state index contributed by atoms with van der Waals surface area (Å²) in [4.78, 5) is 13.8. The minimum absolute atomic E-state index is 0.0458. The quantitative estimate of drug-likeness (QED) is 0.718. The molecule has 98 valence electrons. The maximum Gasteiger partial charge on any atom is 0.248 e. The van der Waals surface area contributed by atoms with Crippen molar-refractivity contribution in [2.75, 3.05) is 33.5 Å². The van der Waals surface area contributed by atoms with Crippen molar-refractivity contribution in [2.24, 2.45) is 0 Å². The fraction of sp³-hybridized carbons (Fsp3) is 0.917. The third kappa shape index (κ3) is 2.61. The summed E-state index contributed by atoms with van der Waals surface area (Å²) in [7, 11) is 1.55. The van der Waals surface area contributed by atoms with Gasteiger partial charge < -0.3 is 19.1 Å². The van der Waals surface area contributed by atoms with E-state index in [1.54, 1.807) is 7.11 Å². The first-order chi connectivity index (χ1) is 8.27. The van der Waals surface area contributed by atoms with Crippen molar-refractivity contribution in [3.8, 4) is 0 Å². The van der Waals surface area contributed by atoms with Crippen LogP contribution in [0.1, 0.15) is 19.8 Å². The number of carbonyl (C=O) groups excluding carboxylic acids is 1. The molecule has 0 aromatic heterocycles. The molecule has 2 aliphatic rings. The highest BCUT2D eigenvalue weighted by atomic mass is 16.5. The first kappa shape index (κ1) is 12.8. The third-order valence-electron chi connectivity index (χ3n) is 3.50. The van der Waals surface area contributed by atoms with Crippen LogP contribution >= 0.6 is 0 Å².